The zero-order chi connectivity index (χ0) is 14.0. The summed E-state index contributed by atoms with van der Waals surface area (Å²) < 4.78 is 25.8. The summed E-state index contributed by atoms with van der Waals surface area (Å²) in [5, 5.41) is 2.59. The molecule has 0 radical (unpaired) electrons. The summed E-state index contributed by atoms with van der Waals surface area (Å²) in [4.78, 5) is 11.9. The van der Waals surface area contributed by atoms with Crippen molar-refractivity contribution >= 4 is 17.3 Å². The van der Waals surface area contributed by atoms with E-state index in [1.807, 2.05) is 0 Å². The summed E-state index contributed by atoms with van der Waals surface area (Å²) in [6, 6.07) is 8.16. The molecular weight excluding hydrogens is 250 g/mol. The lowest BCUT2D eigenvalue weighted by atomic mass is 10.1. The minimum atomic E-state index is -1.06. The maximum Gasteiger partial charge on any atom is 0.255 e. The summed E-state index contributed by atoms with van der Waals surface area (Å²) in [5.74, 6) is -2.60. The van der Waals surface area contributed by atoms with Crippen LogP contribution in [-0.2, 0) is 0 Å². The molecule has 0 aromatic heterocycles. The molecule has 0 aliphatic heterocycles. The van der Waals surface area contributed by atoms with Gasteiger partial charge in [0.05, 0.1) is 11.4 Å². The summed E-state index contributed by atoms with van der Waals surface area (Å²) in [7, 11) is 0. The molecule has 0 unspecified atom stereocenters. The van der Waals surface area contributed by atoms with Gasteiger partial charge in [-0.3, -0.25) is 4.79 Å². The van der Waals surface area contributed by atoms with Crippen molar-refractivity contribution in [1.29, 1.82) is 0 Å². The van der Waals surface area contributed by atoms with Gasteiger partial charge < -0.3 is 11.1 Å². The Morgan fingerprint density at radius 3 is 2.53 bits per heavy atom. The molecule has 0 fully saturated rings. The van der Waals surface area contributed by atoms with Crippen molar-refractivity contribution in [3.05, 3.63) is 59.2 Å². The molecule has 3 N–H and O–H groups in total. The average Bonchev–Trinajstić information content (AvgIpc) is 2.37. The molecule has 0 bridgehead atoms. The molecule has 0 atom stereocenters. The number of rotatable bonds is 2. The SMILES string of the molecule is Cc1cccc(N)c1NC(=O)c1ccc(F)c(F)c1. The molecule has 5 heteroatoms. The van der Waals surface area contributed by atoms with Crippen LogP contribution in [0, 0.1) is 18.6 Å². The van der Waals surface area contributed by atoms with E-state index >= 15 is 0 Å². The first-order chi connectivity index (χ1) is 8.99. The van der Waals surface area contributed by atoms with Gasteiger partial charge in [0.2, 0.25) is 0 Å². The van der Waals surface area contributed by atoms with Crippen LogP contribution in [0.25, 0.3) is 0 Å². The predicted molar refractivity (Wildman–Crippen MR) is 69.9 cm³/mol. The Morgan fingerprint density at radius 2 is 1.89 bits per heavy atom. The van der Waals surface area contributed by atoms with Crippen LogP contribution >= 0.6 is 0 Å². The van der Waals surface area contributed by atoms with E-state index in [2.05, 4.69) is 5.32 Å². The van der Waals surface area contributed by atoms with Gasteiger partial charge in [-0.25, -0.2) is 8.78 Å². The third-order valence-corrected chi connectivity index (χ3v) is 2.73. The van der Waals surface area contributed by atoms with Crippen LogP contribution in [0.1, 0.15) is 15.9 Å². The summed E-state index contributed by atoms with van der Waals surface area (Å²) in [5.41, 5.74) is 7.45. The van der Waals surface area contributed by atoms with E-state index in [4.69, 9.17) is 5.73 Å². The molecule has 0 spiro atoms. The molecule has 1 amide bonds. The first-order valence-corrected chi connectivity index (χ1v) is 5.60. The number of nitrogens with two attached hydrogens (primary N) is 1. The fourth-order valence-electron chi connectivity index (χ4n) is 1.68. The topological polar surface area (TPSA) is 55.1 Å². The highest BCUT2D eigenvalue weighted by Crippen LogP contribution is 2.23. The first kappa shape index (κ1) is 13.0. The van der Waals surface area contributed by atoms with Crippen molar-refractivity contribution in [1.82, 2.24) is 0 Å². The van der Waals surface area contributed by atoms with E-state index in [0.717, 1.165) is 17.7 Å². The third-order valence-electron chi connectivity index (χ3n) is 2.73. The van der Waals surface area contributed by atoms with E-state index in [0.29, 0.717) is 11.4 Å². The third kappa shape index (κ3) is 2.70. The van der Waals surface area contributed by atoms with E-state index in [9.17, 15) is 13.6 Å². The number of carbonyl (C=O) groups is 1. The Labute approximate surface area is 109 Å². The second-order valence-corrected chi connectivity index (χ2v) is 4.12. The van der Waals surface area contributed by atoms with Gasteiger partial charge in [0.15, 0.2) is 11.6 Å². The highest BCUT2D eigenvalue weighted by Gasteiger charge is 2.12. The summed E-state index contributed by atoms with van der Waals surface area (Å²) >= 11 is 0. The van der Waals surface area contributed by atoms with Crippen LogP contribution < -0.4 is 11.1 Å². The first-order valence-electron chi connectivity index (χ1n) is 5.60. The van der Waals surface area contributed by atoms with E-state index in [1.165, 1.54) is 6.07 Å². The maximum absolute atomic E-state index is 13.1. The molecule has 0 saturated carbocycles. The van der Waals surface area contributed by atoms with Crippen molar-refractivity contribution in [2.75, 3.05) is 11.1 Å². The van der Waals surface area contributed by atoms with Gasteiger partial charge in [0.25, 0.3) is 5.91 Å². The molecular formula is C14H12F2N2O. The molecule has 0 heterocycles. The van der Waals surface area contributed by atoms with Gasteiger partial charge in [-0.2, -0.15) is 0 Å². The fraction of sp³-hybridized carbons (Fsp3) is 0.0714. The highest BCUT2D eigenvalue weighted by atomic mass is 19.2. The molecule has 2 rings (SSSR count). The van der Waals surface area contributed by atoms with E-state index < -0.39 is 17.5 Å². The Morgan fingerprint density at radius 1 is 1.16 bits per heavy atom. The molecule has 98 valence electrons. The summed E-state index contributed by atoms with van der Waals surface area (Å²) in [6.07, 6.45) is 0. The number of aryl methyl sites for hydroxylation is 1. The number of carbonyl (C=O) groups excluding carboxylic acids is 1. The Bertz CT molecular complexity index is 621. The average molecular weight is 262 g/mol. The Kier molecular flexibility index (Phi) is 3.46. The van der Waals surface area contributed by atoms with Crippen molar-refractivity contribution < 1.29 is 13.6 Å². The van der Waals surface area contributed by atoms with Gasteiger partial charge in [0, 0.05) is 5.56 Å². The van der Waals surface area contributed by atoms with Crippen molar-refractivity contribution in [3.8, 4) is 0 Å². The lowest BCUT2D eigenvalue weighted by Gasteiger charge is -2.11. The van der Waals surface area contributed by atoms with E-state index in [1.54, 1.807) is 25.1 Å². The lowest BCUT2D eigenvalue weighted by Crippen LogP contribution is -2.14. The quantitative estimate of drug-likeness (QED) is 0.817. The van der Waals surface area contributed by atoms with Crippen LogP contribution in [0.2, 0.25) is 0 Å². The monoisotopic (exact) mass is 262 g/mol. The standard InChI is InChI=1S/C14H12F2N2O/c1-8-3-2-4-12(17)13(8)18-14(19)9-5-6-10(15)11(16)7-9/h2-7H,17H2,1H3,(H,18,19). The van der Waals surface area contributed by atoms with Gasteiger partial charge >= 0.3 is 0 Å². The maximum atomic E-state index is 13.1. The number of benzene rings is 2. The highest BCUT2D eigenvalue weighted by molar-refractivity contribution is 6.06. The van der Waals surface area contributed by atoms with Crippen LogP contribution in [0.5, 0.6) is 0 Å². The minimum absolute atomic E-state index is 0.0292. The van der Waals surface area contributed by atoms with Gasteiger partial charge in [-0.05, 0) is 36.8 Å². The molecule has 0 aliphatic rings. The van der Waals surface area contributed by atoms with Crippen molar-refractivity contribution in [3.63, 3.8) is 0 Å². The number of nitrogens with one attached hydrogen (secondary N) is 1. The number of hydrogen-bond donors (Lipinski definition) is 2. The zero-order valence-corrected chi connectivity index (χ0v) is 10.2. The molecule has 0 saturated heterocycles. The smallest absolute Gasteiger partial charge is 0.255 e. The predicted octanol–water partition coefficient (Wildman–Crippen LogP) is 3.11. The number of para-hydroxylation sites is 1. The second kappa shape index (κ2) is 5.06. The zero-order valence-electron chi connectivity index (χ0n) is 10.2. The van der Waals surface area contributed by atoms with Gasteiger partial charge in [-0.15, -0.1) is 0 Å². The fourth-order valence-corrected chi connectivity index (χ4v) is 1.68. The van der Waals surface area contributed by atoms with E-state index in [-0.39, 0.29) is 5.56 Å². The number of nitrogen functional groups attached to an aromatic ring is 1. The van der Waals surface area contributed by atoms with Gasteiger partial charge in [-0.1, -0.05) is 12.1 Å². The largest absolute Gasteiger partial charge is 0.397 e. The van der Waals surface area contributed by atoms with Crippen LogP contribution in [0.4, 0.5) is 20.2 Å². The van der Waals surface area contributed by atoms with Gasteiger partial charge in [0.1, 0.15) is 0 Å². The normalized spacial score (nSPS) is 10.3. The molecule has 3 nitrogen and oxygen atoms in total. The molecule has 2 aromatic carbocycles. The van der Waals surface area contributed by atoms with Crippen molar-refractivity contribution in [2.45, 2.75) is 6.92 Å². The van der Waals surface area contributed by atoms with Crippen LogP contribution in [-0.4, -0.2) is 5.91 Å². The Balaban J connectivity index is 2.28. The Hall–Kier alpha value is -2.43. The molecule has 19 heavy (non-hydrogen) atoms. The summed E-state index contributed by atoms with van der Waals surface area (Å²) in [6.45, 7) is 1.79. The molecule has 0 aliphatic carbocycles. The number of anilines is 2. The van der Waals surface area contributed by atoms with Crippen molar-refractivity contribution in [2.24, 2.45) is 0 Å². The minimum Gasteiger partial charge on any atom is -0.397 e. The lowest BCUT2D eigenvalue weighted by molar-refractivity contribution is 0.102. The molecule has 2 aromatic rings. The number of halogens is 2. The van der Waals surface area contributed by atoms with Crippen LogP contribution in [0.15, 0.2) is 36.4 Å². The second-order valence-electron chi connectivity index (χ2n) is 4.12. The number of hydrogen-bond acceptors (Lipinski definition) is 2. The van der Waals surface area contributed by atoms with Crippen LogP contribution in [0.3, 0.4) is 0 Å². The number of amides is 1.